The molecule has 1 aliphatic heterocycles. The Hall–Kier alpha value is -3.40. The van der Waals surface area contributed by atoms with E-state index in [2.05, 4.69) is 25.7 Å². The molecule has 30 heavy (non-hydrogen) atoms. The van der Waals surface area contributed by atoms with Gasteiger partial charge in [-0.15, -0.1) is 0 Å². The van der Waals surface area contributed by atoms with E-state index < -0.39 is 5.91 Å². The first kappa shape index (κ1) is 19.9. The third-order valence-electron chi connectivity index (χ3n) is 5.08. The molecule has 0 atom stereocenters. The van der Waals surface area contributed by atoms with Gasteiger partial charge in [0.25, 0.3) is 11.8 Å². The third kappa shape index (κ3) is 4.43. The van der Waals surface area contributed by atoms with Crippen molar-refractivity contribution < 1.29 is 14.0 Å². The van der Waals surface area contributed by atoms with Crippen molar-refractivity contribution in [2.45, 2.75) is 25.9 Å². The highest BCUT2D eigenvalue weighted by Crippen LogP contribution is 2.18. The zero-order valence-corrected chi connectivity index (χ0v) is 17.1. The van der Waals surface area contributed by atoms with Gasteiger partial charge in [0.15, 0.2) is 5.76 Å². The number of likely N-dealkylation sites (tertiary alicyclic amines) is 1. The Morgan fingerprint density at radius 1 is 1.10 bits per heavy atom. The lowest BCUT2D eigenvalue weighted by atomic mass is 10.3. The number of amides is 2. The van der Waals surface area contributed by atoms with E-state index in [1.165, 1.54) is 23.7 Å². The predicted octanol–water partition coefficient (Wildman–Crippen LogP) is 1.52. The highest BCUT2D eigenvalue weighted by molar-refractivity contribution is 6.07. The first-order valence-corrected chi connectivity index (χ1v) is 9.90. The lowest BCUT2D eigenvalue weighted by Gasteiger charge is -2.11. The molecule has 2 amide bonds. The van der Waals surface area contributed by atoms with Gasteiger partial charge in [-0.3, -0.25) is 23.9 Å². The van der Waals surface area contributed by atoms with Crippen molar-refractivity contribution in [3.8, 4) is 0 Å². The lowest BCUT2D eigenvalue weighted by molar-refractivity contribution is 0.0942. The second kappa shape index (κ2) is 8.54. The number of aryl methyl sites for hydroxylation is 2. The van der Waals surface area contributed by atoms with Crippen LogP contribution in [-0.4, -0.2) is 49.4 Å². The molecule has 4 rings (SSSR count). The Kier molecular flexibility index (Phi) is 5.66. The molecule has 1 fully saturated rings. The Morgan fingerprint density at radius 3 is 2.63 bits per heavy atom. The summed E-state index contributed by atoms with van der Waals surface area (Å²) in [5, 5.41) is 13.7. The van der Waals surface area contributed by atoms with Gasteiger partial charge in [-0.25, -0.2) is 0 Å². The Morgan fingerprint density at radius 2 is 1.90 bits per heavy atom. The molecule has 0 saturated carbocycles. The number of aromatic nitrogens is 4. The number of nitrogens with one attached hydrogen (secondary N) is 2. The molecule has 0 spiro atoms. The minimum Gasteiger partial charge on any atom is -0.455 e. The van der Waals surface area contributed by atoms with Crippen molar-refractivity contribution >= 4 is 17.5 Å². The molecule has 0 unspecified atom stereocenters. The molecule has 10 nitrogen and oxygen atoms in total. The zero-order chi connectivity index (χ0) is 21.1. The molecule has 3 aromatic heterocycles. The first-order chi connectivity index (χ1) is 14.5. The van der Waals surface area contributed by atoms with Crippen LogP contribution in [0.5, 0.6) is 0 Å². The van der Waals surface area contributed by atoms with Crippen LogP contribution in [0.2, 0.25) is 0 Å². The Bertz CT molecular complexity index is 1040. The minimum absolute atomic E-state index is 0.203. The van der Waals surface area contributed by atoms with Gasteiger partial charge in [-0.1, -0.05) is 0 Å². The van der Waals surface area contributed by atoms with Crippen molar-refractivity contribution in [2.24, 2.45) is 14.1 Å². The number of nitrogens with zero attached hydrogens (tertiary/aromatic N) is 5. The van der Waals surface area contributed by atoms with E-state index in [4.69, 9.17) is 4.42 Å². The fourth-order valence-corrected chi connectivity index (χ4v) is 3.56. The molecule has 3 aromatic rings. The summed E-state index contributed by atoms with van der Waals surface area (Å²) in [6.07, 6.45) is 7.35. The molecule has 2 N–H and O–H groups in total. The highest BCUT2D eigenvalue weighted by Gasteiger charge is 2.21. The largest absolute Gasteiger partial charge is 0.455 e. The highest BCUT2D eigenvalue weighted by atomic mass is 16.4. The predicted molar refractivity (Wildman–Crippen MR) is 109 cm³/mol. The van der Waals surface area contributed by atoms with Gasteiger partial charge in [0.1, 0.15) is 11.5 Å². The summed E-state index contributed by atoms with van der Waals surface area (Å²) in [5.41, 5.74) is 1.46. The maximum atomic E-state index is 12.7. The first-order valence-electron chi connectivity index (χ1n) is 9.90. The van der Waals surface area contributed by atoms with Crippen LogP contribution in [0.4, 0.5) is 5.69 Å². The Balaban J connectivity index is 1.40. The summed E-state index contributed by atoms with van der Waals surface area (Å²) in [5.74, 6) is 0.192. The summed E-state index contributed by atoms with van der Waals surface area (Å²) >= 11 is 0. The lowest BCUT2D eigenvalue weighted by Crippen LogP contribution is -2.26. The van der Waals surface area contributed by atoms with Crippen LogP contribution in [0.1, 0.15) is 45.2 Å². The van der Waals surface area contributed by atoms with Crippen LogP contribution in [0.3, 0.4) is 0 Å². The van der Waals surface area contributed by atoms with Gasteiger partial charge in [-0.05, 0) is 38.1 Å². The molecule has 0 bridgehead atoms. The van der Waals surface area contributed by atoms with Crippen molar-refractivity contribution in [1.29, 1.82) is 0 Å². The van der Waals surface area contributed by atoms with Crippen molar-refractivity contribution in [1.82, 2.24) is 29.8 Å². The van der Waals surface area contributed by atoms with Crippen LogP contribution in [0.25, 0.3) is 0 Å². The second-order valence-electron chi connectivity index (χ2n) is 7.44. The van der Waals surface area contributed by atoms with E-state index in [-0.39, 0.29) is 17.4 Å². The smallest absolute Gasteiger partial charge is 0.291 e. The van der Waals surface area contributed by atoms with Crippen LogP contribution in [0, 0.1) is 0 Å². The number of hydrogen-bond acceptors (Lipinski definition) is 6. The number of carbonyl (C=O) groups excluding carboxylic acids is 2. The standard InChI is InChI=1S/C20H25N7O3/c1-25-12-14(10-22-25)9-21-20(29)18-16(11-23-26(18)2)24-19(28)17-6-5-15(30-17)13-27-7-3-4-8-27/h5-6,10-12H,3-4,7-9,13H2,1-2H3,(H,21,29)(H,24,28). The molecule has 10 heteroatoms. The second-order valence-corrected chi connectivity index (χ2v) is 7.44. The molecule has 1 saturated heterocycles. The number of furan rings is 1. The summed E-state index contributed by atoms with van der Waals surface area (Å²) in [6, 6.07) is 3.47. The molecule has 4 heterocycles. The third-order valence-corrected chi connectivity index (χ3v) is 5.08. The van der Waals surface area contributed by atoms with Crippen molar-refractivity contribution in [2.75, 3.05) is 18.4 Å². The molecular formula is C20H25N7O3. The molecule has 0 aliphatic carbocycles. The monoisotopic (exact) mass is 411 g/mol. The van der Waals surface area contributed by atoms with Gasteiger partial charge in [0.2, 0.25) is 0 Å². The fourth-order valence-electron chi connectivity index (χ4n) is 3.56. The van der Waals surface area contributed by atoms with Crippen molar-refractivity contribution in [3.05, 3.63) is 53.5 Å². The van der Waals surface area contributed by atoms with E-state index in [1.807, 2.05) is 19.3 Å². The molecule has 0 aromatic carbocycles. The van der Waals surface area contributed by atoms with Gasteiger partial charge in [0, 0.05) is 32.4 Å². The van der Waals surface area contributed by atoms with E-state index >= 15 is 0 Å². The van der Waals surface area contributed by atoms with E-state index in [0.29, 0.717) is 18.8 Å². The molecule has 0 radical (unpaired) electrons. The van der Waals surface area contributed by atoms with E-state index in [0.717, 1.165) is 24.4 Å². The number of anilines is 1. The normalized spacial score (nSPS) is 14.2. The average molecular weight is 411 g/mol. The summed E-state index contributed by atoms with van der Waals surface area (Å²) in [6.45, 7) is 3.12. The molecule has 1 aliphatic rings. The van der Waals surface area contributed by atoms with Gasteiger partial charge in [-0.2, -0.15) is 10.2 Å². The van der Waals surface area contributed by atoms with Crippen LogP contribution in [0.15, 0.2) is 35.1 Å². The van der Waals surface area contributed by atoms with E-state index in [9.17, 15) is 9.59 Å². The quantitative estimate of drug-likeness (QED) is 0.610. The number of rotatable bonds is 7. The van der Waals surface area contributed by atoms with Crippen molar-refractivity contribution in [3.63, 3.8) is 0 Å². The topological polar surface area (TPSA) is 110 Å². The maximum Gasteiger partial charge on any atom is 0.291 e. The number of carbonyl (C=O) groups is 2. The Labute approximate surface area is 173 Å². The SMILES string of the molecule is Cn1cc(CNC(=O)c2c(NC(=O)c3ccc(CN4CCCC4)o3)cnn2C)cn1. The van der Waals surface area contributed by atoms with Gasteiger partial charge < -0.3 is 15.1 Å². The number of hydrogen-bond donors (Lipinski definition) is 2. The average Bonchev–Trinajstić information content (AvgIpc) is 3.50. The molecular weight excluding hydrogens is 386 g/mol. The van der Waals surface area contributed by atoms with Gasteiger partial charge >= 0.3 is 0 Å². The summed E-state index contributed by atoms with van der Waals surface area (Å²) in [4.78, 5) is 27.6. The zero-order valence-electron chi connectivity index (χ0n) is 17.1. The van der Waals surface area contributed by atoms with Crippen LogP contribution >= 0.6 is 0 Å². The molecule has 158 valence electrons. The fraction of sp³-hybridized carbons (Fsp3) is 0.400. The van der Waals surface area contributed by atoms with Crippen LogP contribution < -0.4 is 10.6 Å². The summed E-state index contributed by atoms with van der Waals surface area (Å²) < 4.78 is 8.79. The maximum absolute atomic E-state index is 12.7. The van der Waals surface area contributed by atoms with Crippen LogP contribution in [-0.2, 0) is 27.2 Å². The minimum atomic E-state index is -0.419. The van der Waals surface area contributed by atoms with Gasteiger partial charge in [0.05, 0.1) is 24.6 Å². The van der Waals surface area contributed by atoms with E-state index in [1.54, 1.807) is 24.0 Å². The summed E-state index contributed by atoms with van der Waals surface area (Å²) in [7, 11) is 3.46.